The number of nitrogens with zero attached hydrogens (tertiary/aromatic N) is 1. The van der Waals surface area contributed by atoms with E-state index < -0.39 is 11.9 Å². The number of carbonyl (C=O) groups excluding carboxylic acids is 1. The average Bonchev–Trinajstić information content (AvgIpc) is 2.19. The minimum absolute atomic E-state index is 0.0735. The predicted molar refractivity (Wildman–Crippen MR) is 70.9 cm³/mol. The Bertz CT molecular complexity index is 481. The number of aryl methyl sites for hydroxylation is 1. The molecule has 0 aliphatic carbocycles. The fraction of sp³-hybridized carbons (Fsp3) is 0.333. The van der Waals surface area contributed by atoms with E-state index in [2.05, 4.69) is 22.6 Å². The van der Waals surface area contributed by atoms with E-state index in [0.717, 1.165) is 9.13 Å². The summed E-state index contributed by atoms with van der Waals surface area (Å²) < 4.78 is 0.939. The largest absolute Gasteiger partial charge is 0.481 e. The molecule has 1 heterocycles. The summed E-state index contributed by atoms with van der Waals surface area (Å²) in [5.74, 6) is -1.30. The lowest BCUT2D eigenvalue weighted by molar-refractivity contribution is -0.146. The van der Waals surface area contributed by atoms with E-state index in [0.29, 0.717) is 18.7 Å². The summed E-state index contributed by atoms with van der Waals surface area (Å²) in [5, 5.41) is 8.76. The number of hydrogen-bond donors (Lipinski definition) is 1. The number of carboxylic acids is 1. The minimum atomic E-state index is -0.826. The van der Waals surface area contributed by atoms with Crippen LogP contribution < -0.4 is 0 Å². The van der Waals surface area contributed by atoms with Gasteiger partial charge in [-0.15, -0.1) is 0 Å². The first-order valence-electron chi connectivity index (χ1n) is 5.28. The first kappa shape index (κ1) is 12.3. The Labute approximate surface area is 113 Å². The second-order valence-corrected chi connectivity index (χ2v) is 5.26. The van der Waals surface area contributed by atoms with Gasteiger partial charge in [0, 0.05) is 16.7 Å². The van der Waals surface area contributed by atoms with E-state index in [1.54, 1.807) is 11.0 Å². The van der Waals surface area contributed by atoms with E-state index in [1.807, 2.05) is 19.1 Å². The molecule has 0 atom stereocenters. The van der Waals surface area contributed by atoms with E-state index in [4.69, 9.17) is 5.11 Å². The van der Waals surface area contributed by atoms with Crippen LogP contribution in [0.3, 0.4) is 0 Å². The van der Waals surface area contributed by atoms with Crippen molar-refractivity contribution < 1.29 is 14.7 Å². The zero-order valence-corrected chi connectivity index (χ0v) is 11.5. The molecule has 0 bridgehead atoms. The lowest BCUT2D eigenvalue weighted by atomic mass is 9.99. The van der Waals surface area contributed by atoms with Gasteiger partial charge in [-0.3, -0.25) is 9.59 Å². The van der Waals surface area contributed by atoms with Crippen molar-refractivity contribution in [3.8, 4) is 0 Å². The van der Waals surface area contributed by atoms with Gasteiger partial charge < -0.3 is 10.0 Å². The summed E-state index contributed by atoms with van der Waals surface area (Å²) in [5.41, 5.74) is 1.72. The summed E-state index contributed by atoms with van der Waals surface area (Å²) in [7, 11) is 0. The van der Waals surface area contributed by atoms with Gasteiger partial charge in [0.1, 0.15) is 0 Å². The highest BCUT2D eigenvalue weighted by molar-refractivity contribution is 14.1. The molecule has 1 N–H and O–H groups in total. The van der Waals surface area contributed by atoms with Gasteiger partial charge in [0.15, 0.2) is 0 Å². The van der Waals surface area contributed by atoms with Gasteiger partial charge >= 0.3 is 5.97 Å². The third-order valence-corrected chi connectivity index (χ3v) is 4.37. The SMILES string of the molecule is Cc1cccc(C(=O)N2CC(C(=O)O)C2)c1I. The van der Waals surface area contributed by atoms with Gasteiger partial charge in [-0.2, -0.15) is 0 Å². The summed E-state index contributed by atoms with van der Waals surface area (Å²) in [6.45, 7) is 2.59. The third-order valence-electron chi connectivity index (χ3n) is 2.94. The van der Waals surface area contributed by atoms with Gasteiger partial charge in [-0.25, -0.2) is 0 Å². The number of amides is 1. The summed E-state index contributed by atoms with van der Waals surface area (Å²) in [4.78, 5) is 24.3. The predicted octanol–water partition coefficient (Wildman–Crippen LogP) is 1.76. The molecule has 1 saturated heterocycles. The van der Waals surface area contributed by atoms with Crippen LogP contribution in [0.25, 0.3) is 0 Å². The van der Waals surface area contributed by atoms with Crippen LogP contribution in [0.4, 0.5) is 0 Å². The molecule has 0 unspecified atom stereocenters. The Morgan fingerprint density at radius 3 is 2.65 bits per heavy atom. The summed E-state index contributed by atoms with van der Waals surface area (Å²) in [6, 6.07) is 5.58. The minimum Gasteiger partial charge on any atom is -0.481 e. The van der Waals surface area contributed by atoms with Gasteiger partial charge in [0.05, 0.1) is 11.5 Å². The van der Waals surface area contributed by atoms with Crippen molar-refractivity contribution >= 4 is 34.5 Å². The fourth-order valence-corrected chi connectivity index (χ4v) is 2.37. The number of carboxylic acid groups (broad SMARTS) is 1. The smallest absolute Gasteiger partial charge is 0.310 e. The molecule has 0 spiro atoms. The maximum Gasteiger partial charge on any atom is 0.310 e. The lowest BCUT2D eigenvalue weighted by Crippen LogP contribution is -2.53. The van der Waals surface area contributed by atoms with Crippen molar-refractivity contribution in [1.29, 1.82) is 0 Å². The van der Waals surface area contributed by atoms with Crippen molar-refractivity contribution in [2.24, 2.45) is 5.92 Å². The van der Waals surface area contributed by atoms with Crippen LogP contribution in [0.2, 0.25) is 0 Å². The monoisotopic (exact) mass is 345 g/mol. The third kappa shape index (κ3) is 2.29. The number of carbonyl (C=O) groups is 2. The fourth-order valence-electron chi connectivity index (χ4n) is 1.78. The highest BCUT2D eigenvalue weighted by atomic mass is 127. The molecule has 1 aliphatic rings. The molecule has 1 fully saturated rings. The molecule has 90 valence electrons. The molecule has 1 aromatic carbocycles. The Hall–Kier alpha value is -1.11. The molecule has 17 heavy (non-hydrogen) atoms. The molecule has 1 amide bonds. The van der Waals surface area contributed by atoms with Crippen molar-refractivity contribution in [2.45, 2.75) is 6.92 Å². The second kappa shape index (κ2) is 4.64. The Balaban J connectivity index is 2.12. The second-order valence-electron chi connectivity index (χ2n) is 4.18. The van der Waals surface area contributed by atoms with Crippen molar-refractivity contribution in [3.63, 3.8) is 0 Å². The maximum absolute atomic E-state index is 12.1. The molecule has 5 heteroatoms. The topological polar surface area (TPSA) is 57.6 Å². The molecule has 0 saturated carbocycles. The van der Waals surface area contributed by atoms with E-state index in [9.17, 15) is 9.59 Å². The van der Waals surface area contributed by atoms with Crippen LogP contribution in [0, 0.1) is 16.4 Å². The molecule has 0 radical (unpaired) electrons. The molecular formula is C12H12INO3. The molecule has 1 aliphatic heterocycles. The van der Waals surface area contributed by atoms with E-state index >= 15 is 0 Å². The van der Waals surface area contributed by atoms with Crippen LogP contribution in [-0.4, -0.2) is 35.0 Å². The van der Waals surface area contributed by atoms with E-state index in [1.165, 1.54) is 0 Å². The Kier molecular flexibility index (Phi) is 3.37. The van der Waals surface area contributed by atoms with Gasteiger partial charge in [-0.05, 0) is 41.1 Å². The molecule has 4 nitrogen and oxygen atoms in total. The molecule has 2 rings (SSSR count). The first-order chi connectivity index (χ1) is 8.00. The number of aliphatic carboxylic acids is 1. The standard InChI is InChI=1S/C12H12INO3/c1-7-3-2-4-9(10(7)13)11(15)14-5-8(6-14)12(16)17/h2-4,8H,5-6H2,1H3,(H,16,17). The number of halogens is 1. The molecule has 0 aromatic heterocycles. The highest BCUT2D eigenvalue weighted by Crippen LogP contribution is 2.23. The van der Waals surface area contributed by atoms with Gasteiger partial charge in [0.25, 0.3) is 5.91 Å². The van der Waals surface area contributed by atoms with Crippen LogP contribution in [0.15, 0.2) is 18.2 Å². The quantitative estimate of drug-likeness (QED) is 0.831. The van der Waals surface area contributed by atoms with Gasteiger partial charge in [-0.1, -0.05) is 12.1 Å². The lowest BCUT2D eigenvalue weighted by Gasteiger charge is -2.36. The molecular weight excluding hydrogens is 333 g/mol. The number of hydrogen-bond acceptors (Lipinski definition) is 2. The van der Waals surface area contributed by atoms with Crippen LogP contribution in [-0.2, 0) is 4.79 Å². The van der Waals surface area contributed by atoms with Crippen molar-refractivity contribution in [1.82, 2.24) is 4.90 Å². The first-order valence-corrected chi connectivity index (χ1v) is 6.35. The maximum atomic E-state index is 12.1. The summed E-state index contributed by atoms with van der Waals surface area (Å²) >= 11 is 2.15. The zero-order chi connectivity index (χ0) is 12.6. The number of rotatable bonds is 2. The van der Waals surface area contributed by atoms with Crippen LogP contribution in [0.1, 0.15) is 15.9 Å². The van der Waals surface area contributed by atoms with E-state index in [-0.39, 0.29) is 5.91 Å². The van der Waals surface area contributed by atoms with Crippen molar-refractivity contribution in [3.05, 3.63) is 32.9 Å². The highest BCUT2D eigenvalue weighted by Gasteiger charge is 2.36. The van der Waals surface area contributed by atoms with Crippen LogP contribution in [0.5, 0.6) is 0 Å². The number of likely N-dealkylation sites (tertiary alicyclic amines) is 1. The van der Waals surface area contributed by atoms with Crippen LogP contribution >= 0.6 is 22.6 Å². The van der Waals surface area contributed by atoms with Gasteiger partial charge in [0.2, 0.25) is 0 Å². The average molecular weight is 345 g/mol. The Morgan fingerprint density at radius 2 is 2.06 bits per heavy atom. The zero-order valence-electron chi connectivity index (χ0n) is 9.31. The molecule has 1 aromatic rings. The number of benzene rings is 1. The normalized spacial score (nSPS) is 15.5. The summed E-state index contributed by atoms with van der Waals surface area (Å²) in [6.07, 6.45) is 0. The van der Waals surface area contributed by atoms with Crippen molar-refractivity contribution in [2.75, 3.05) is 13.1 Å². The Morgan fingerprint density at radius 1 is 1.41 bits per heavy atom.